The number of amides is 1. The predicted octanol–water partition coefficient (Wildman–Crippen LogP) is 1.27. The summed E-state index contributed by atoms with van der Waals surface area (Å²) in [7, 11) is 0. The van der Waals surface area contributed by atoms with Gasteiger partial charge in [0.2, 0.25) is 5.91 Å². The van der Waals surface area contributed by atoms with Gasteiger partial charge < -0.3 is 16.2 Å². The van der Waals surface area contributed by atoms with Crippen molar-refractivity contribution in [2.45, 2.75) is 59.0 Å². The molecule has 4 N–H and O–H groups in total. The van der Waals surface area contributed by atoms with Crippen molar-refractivity contribution in [3.63, 3.8) is 0 Å². The third-order valence-electron chi connectivity index (χ3n) is 3.07. The molecule has 0 saturated heterocycles. The van der Waals surface area contributed by atoms with E-state index >= 15 is 0 Å². The van der Waals surface area contributed by atoms with E-state index in [2.05, 4.69) is 5.32 Å². The average molecular weight is 244 g/mol. The Bertz CT molecular complexity index is 217. The molecule has 0 aromatic carbocycles. The van der Waals surface area contributed by atoms with Gasteiger partial charge in [0.05, 0.1) is 12.6 Å². The third-order valence-corrected chi connectivity index (χ3v) is 3.07. The zero-order valence-electron chi connectivity index (χ0n) is 11.6. The quantitative estimate of drug-likeness (QED) is 0.602. The lowest BCUT2D eigenvalue weighted by atomic mass is 9.99. The first-order valence-electron chi connectivity index (χ1n) is 6.55. The summed E-state index contributed by atoms with van der Waals surface area (Å²) in [5.74, 6) is 0.268. The lowest BCUT2D eigenvalue weighted by Gasteiger charge is -2.22. The minimum atomic E-state index is -0.140. The summed E-state index contributed by atoms with van der Waals surface area (Å²) < 4.78 is 0. The Morgan fingerprint density at radius 1 is 1.24 bits per heavy atom. The fraction of sp³-hybridized carbons (Fsp3) is 0.923. The van der Waals surface area contributed by atoms with Crippen LogP contribution < -0.4 is 11.1 Å². The van der Waals surface area contributed by atoms with Gasteiger partial charge >= 0.3 is 0 Å². The highest BCUT2D eigenvalue weighted by Crippen LogP contribution is 2.10. The van der Waals surface area contributed by atoms with Crippen molar-refractivity contribution < 1.29 is 9.90 Å². The van der Waals surface area contributed by atoms with Crippen LogP contribution in [0.3, 0.4) is 0 Å². The van der Waals surface area contributed by atoms with Crippen LogP contribution in [0.1, 0.15) is 47.0 Å². The van der Waals surface area contributed by atoms with Gasteiger partial charge in [-0.2, -0.15) is 0 Å². The average Bonchev–Trinajstić information content (AvgIpc) is 2.24. The summed E-state index contributed by atoms with van der Waals surface area (Å²) in [6.07, 6.45) is 2.77. The zero-order chi connectivity index (χ0) is 13.4. The van der Waals surface area contributed by atoms with Gasteiger partial charge in [0.15, 0.2) is 0 Å². The van der Waals surface area contributed by atoms with E-state index in [1.807, 2.05) is 27.7 Å². The molecule has 3 atom stereocenters. The summed E-state index contributed by atoms with van der Waals surface area (Å²) in [6, 6.07) is 0.0597. The maximum Gasteiger partial charge on any atom is 0.223 e. The number of hydrogen-bond donors (Lipinski definition) is 3. The highest BCUT2D eigenvalue weighted by Gasteiger charge is 2.19. The molecule has 102 valence electrons. The van der Waals surface area contributed by atoms with Crippen LogP contribution in [-0.2, 0) is 4.79 Å². The smallest absolute Gasteiger partial charge is 0.223 e. The highest BCUT2D eigenvalue weighted by molar-refractivity contribution is 5.78. The van der Waals surface area contributed by atoms with Gasteiger partial charge in [-0.3, -0.25) is 4.79 Å². The Labute approximate surface area is 105 Å². The molecule has 0 aliphatic carbocycles. The van der Waals surface area contributed by atoms with E-state index in [0.29, 0.717) is 0 Å². The number of aliphatic hydroxyl groups is 1. The number of carbonyl (C=O) groups excluding carboxylic acids is 1. The Balaban J connectivity index is 3.95. The molecule has 0 saturated carbocycles. The van der Waals surface area contributed by atoms with Gasteiger partial charge in [-0.25, -0.2) is 0 Å². The van der Waals surface area contributed by atoms with E-state index in [0.717, 1.165) is 19.3 Å². The maximum absolute atomic E-state index is 11.8. The van der Waals surface area contributed by atoms with Crippen molar-refractivity contribution in [1.29, 1.82) is 0 Å². The van der Waals surface area contributed by atoms with E-state index in [-0.39, 0.29) is 36.4 Å². The van der Waals surface area contributed by atoms with Crippen LogP contribution in [0.15, 0.2) is 0 Å². The van der Waals surface area contributed by atoms with Crippen molar-refractivity contribution in [1.82, 2.24) is 5.32 Å². The molecule has 0 radical (unpaired) electrons. The molecule has 17 heavy (non-hydrogen) atoms. The van der Waals surface area contributed by atoms with E-state index in [9.17, 15) is 4.79 Å². The minimum Gasteiger partial charge on any atom is -0.394 e. The number of aliphatic hydroxyl groups excluding tert-OH is 1. The first-order chi connectivity index (χ1) is 7.88. The molecule has 0 aromatic rings. The number of nitrogens with one attached hydrogen (secondary N) is 1. The summed E-state index contributed by atoms with van der Waals surface area (Å²) in [5, 5.41) is 12.0. The molecule has 0 aliphatic heterocycles. The largest absolute Gasteiger partial charge is 0.394 e. The molecule has 1 amide bonds. The standard InChI is InChI=1S/C13H28N2O2/c1-9(2)12(8-16)15-13(17)10(3)6-5-7-11(4)14/h9-12,16H,5-8,14H2,1-4H3,(H,15,17)/t10?,11?,12-/m1/s1. The minimum absolute atomic E-state index is 0.00401. The van der Waals surface area contributed by atoms with E-state index in [1.165, 1.54) is 0 Å². The summed E-state index contributed by atoms with van der Waals surface area (Å²) >= 11 is 0. The number of carbonyl (C=O) groups is 1. The number of nitrogens with two attached hydrogens (primary N) is 1. The topological polar surface area (TPSA) is 75.4 Å². The fourth-order valence-corrected chi connectivity index (χ4v) is 1.63. The first kappa shape index (κ1) is 16.4. The molecular weight excluding hydrogens is 216 g/mol. The van der Waals surface area contributed by atoms with Gasteiger partial charge in [0, 0.05) is 12.0 Å². The first-order valence-corrected chi connectivity index (χ1v) is 6.55. The van der Waals surface area contributed by atoms with Crippen LogP contribution in [-0.4, -0.2) is 29.7 Å². The molecule has 0 aliphatic rings. The molecule has 2 unspecified atom stereocenters. The molecule has 0 bridgehead atoms. The second-order valence-electron chi connectivity index (χ2n) is 5.35. The van der Waals surface area contributed by atoms with Gasteiger partial charge in [-0.1, -0.05) is 27.2 Å². The fourth-order valence-electron chi connectivity index (χ4n) is 1.63. The van der Waals surface area contributed by atoms with Crippen LogP contribution in [0.2, 0.25) is 0 Å². The molecule has 4 nitrogen and oxygen atoms in total. The third kappa shape index (κ3) is 7.34. The lowest BCUT2D eigenvalue weighted by Crippen LogP contribution is -2.43. The lowest BCUT2D eigenvalue weighted by molar-refractivity contribution is -0.126. The molecule has 0 fully saturated rings. The van der Waals surface area contributed by atoms with Crippen molar-refractivity contribution in [3.05, 3.63) is 0 Å². The maximum atomic E-state index is 11.8. The van der Waals surface area contributed by atoms with Crippen LogP contribution in [0.25, 0.3) is 0 Å². The van der Waals surface area contributed by atoms with Crippen molar-refractivity contribution in [2.75, 3.05) is 6.61 Å². The summed E-state index contributed by atoms with van der Waals surface area (Å²) in [4.78, 5) is 11.8. The van der Waals surface area contributed by atoms with Gasteiger partial charge in [0.25, 0.3) is 0 Å². The van der Waals surface area contributed by atoms with E-state index in [1.54, 1.807) is 0 Å². The summed E-state index contributed by atoms with van der Waals surface area (Å²) in [6.45, 7) is 7.87. The predicted molar refractivity (Wildman–Crippen MR) is 70.5 cm³/mol. The van der Waals surface area contributed by atoms with Crippen molar-refractivity contribution in [2.24, 2.45) is 17.6 Å². The molecule has 0 heterocycles. The van der Waals surface area contributed by atoms with Gasteiger partial charge in [-0.15, -0.1) is 0 Å². The Morgan fingerprint density at radius 2 is 1.82 bits per heavy atom. The normalized spacial score (nSPS) is 16.6. The van der Waals surface area contributed by atoms with Crippen LogP contribution >= 0.6 is 0 Å². The Morgan fingerprint density at radius 3 is 2.24 bits per heavy atom. The van der Waals surface area contributed by atoms with Gasteiger partial charge in [-0.05, 0) is 25.7 Å². The SMILES string of the molecule is CC(N)CCCC(C)C(=O)N[C@H](CO)C(C)C. The number of rotatable bonds is 8. The molecule has 0 spiro atoms. The van der Waals surface area contributed by atoms with Crippen molar-refractivity contribution >= 4 is 5.91 Å². The van der Waals surface area contributed by atoms with Crippen molar-refractivity contribution in [3.8, 4) is 0 Å². The summed E-state index contributed by atoms with van der Waals surface area (Å²) in [5.41, 5.74) is 5.66. The molecule has 0 aromatic heterocycles. The van der Waals surface area contributed by atoms with Crippen LogP contribution in [0, 0.1) is 11.8 Å². The van der Waals surface area contributed by atoms with E-state index < -0.39 is 0 Å². The van der Waals surface area contributed by atoms with Crippen LogP contribution in [0.4, 0.5) is 0 Å². The van der Waals surface area contributed by atoms with Crippen LogP contribution in [0.5, 0.6) is 0 Å². The molecular formula is C13H28N2O2. The van der Waals surface area contributed by atoms with E-state index in [4.69, 9.17) is 10.8 Å². The van der Waals surface area contributed by atoms with Gasteiger partial charge in [0.1, 0.15) is 0 Å². The molecule has 0 rings (SSSR count). The second kappa shape index (κ2) is 8.48. The highest BCUT2D eigenvalue weighted by atomic mass is 16.3. The monoisotopic (exact) mass is 244 g/mol. The number of hydrogen-bond acceptors (Lipinski definition) is 3. The Kier molecular flexibility index (Phi) is 8.17. The second-order valence-corrected chi connectivity index (χ2v) is 5.35. The zero-order valence-corrected chi connectivity index (χ0v) is 11.6. The Hall–Kier alpha value is -0.610. The molecule has 4 heteroatoms.